The first-order valence-electron chi connectivity index (χ1n) is 7.00. The van der Waals surface area contributed by atoms with Crippen LogP contribution in [0.1, 0.15) is 27.9 Å². The zero-order chi connectivity index (χ0) is 18.6. The maximum atomic E-state index is 13.0. The molecule has 2 aromatic rings. The van der Waals surface area contributed by atoms with Crippen LogP contribution in [0.5, 0.6) is 0 Å². The fraction of sp³-hybridized carbons (Fsp3) is 0.267. The van der Waals surface area contributed by atoms with E-state index in [1.807, 2.05) is 0 Å². The van der Waals surface area contributed by atoms with Gasteiger partial charge in [0.25, 0.3) is 0 Å². The van der Waals surface area contributed by atoms with E-state index in [0.717, 1.165) is 0 Å². The van der Waals surface area contributed by atoms with E-state index in [1.54, 1.807) is 25.1 Å². The summed E-state index contributed by atoms with van der Waals surface area (Å²) in [6.07, 6.45) is -4.79. The van der Waals surface area contributed by atoms with E-state index < -0.39 is 22.7 Å². The minimum Gasteiger partial charge on any atom is -0.462 e. The van der Waals surface area contributed by atoms with Gasteiger partial charge in [0.1, 0.15) is 4.88 Å². The molecule has 0 saturated heterocycles. The largest absolute Gasteiger partial charge is 0.462 e. The van der Waals surface area contributed by atoms with Crippen molar-refractivity contribution in [3.8, 4) is 0 Å². The van der Waals surface area contributed by atoms with Gasteiger partial charge in [-0.3, -0.25) is 4.99 Å². The smallest absolute Gasteiger partial charge is 0.435 e. The van der Waals surface area contributed by atoms with E-state index in [0.29, 0.717) is 28.3 Å². The first-order valence-corrected chi connectivity index (χ1v) is 7.82. The molecule has 0 unspecified atom stereocenters. The summed E-state index contributed by atoms with van der Waals surface area (Å²) in [5.74, 6) is -1.09. The second-order valence-corrected chi connectivity index (χ2v) is 5.70. The first-order chi connectivity index (χ1) is 11.8. The van der Waals surface area contributed by atoms with Crippen molar-refractivity contribution in [3.05, 3.63) is 34.3 Å². The summed E-state index contributed by atoms with van der Waals surface area (Å²) < 4.78 is 43.7. The molecule has 0 N–H and O–H groups in total. The number of hydrogen-bond donors (Lipinski definition) is 0. The molecular formula is C15H13F3N4O2S. The third-order valence-corrected chi connectivity index (χ3v) is 3.87. The molecule has 0 saturated carbocycles. The van der Waals surface area contributed by atoms with Gasteiger partial charge in [0.05, 0.1) is 18.0 Å². The molecule has 0 aliphatic carbocycles. The third-order valence-electron chi connectivity index (χ3n) is 2.95. The minimum absolute atomic E-state index is 0.0479. The molecule has 132 valence electrons. The van der Waals surface area contributed by atoms with Crippen molar-refractivity contribution >= 4 is 40.5 Å². The normalized spacial score (nSPS) is 11.7. The molecule has 0 amide bonds. The monoisotopic (exact) mass is 370 g/mol. The molecule has 1 heterocycles. The highest BCUT2D eigenvalue weighted by atomic mass is 32.1. The number of aromatic nitrogens is 1. The first kappa shape index (κ1) is 18.7. The van der Waals surface area contributed by atoms with Crippen LogP contribution in [0.4, 0.5) is 29.7 Å². The Labute approximate surface area is 145 Å². The number of hydrogen-bond acceptors (Lipinski definition) is 7. The zero-order valence-corrected chi connectivity index (χ0v) is 14.1. The highest BCUT2D eigenvalue weighted by molar-refractivity contribution is 7.17. The van der Waals surface area contributed by atoms with Crippen molar-refractivity contribution in [2.75, 3.05) is 6.61 Å². The predicted molar refractivity (Wildman–Crippen MR) is 87.6 cm³/mol. The molecule has 6 nitrogen and oxygen atoms in total. The lowest BCUT2D eigenvalue weighted by molar-refractivity contribution is -0.141. The summed E-state index contributed by atoms with van der Waals surface area (Å²) in [7, 11) is 0. The summed E-state index contributed by atoms with van der Waals surface area (Å²) >= 11 is 0.473. The van der Waals surface area contributed by atoms with E-state index in [1.165, 1.54) is 6.92 Å². The second kappa shape index (κ2) is 7.51. The van der Waals surface area contributed by atoms with Crippen molar-refractivity contribution in [3.63, 3.8) is 0 Å². The number of azo groups is 1. The van der Waals surface area contributed by atoms with Gasteiger partial charge in [-0.05, 0) is 44.3 Å². The van der Waals surface area contributed by atoms with Crippen molar-refractivity contribution in [2.45, 2.75) is 20.0 Å². The van der Waals surface area contributed by atoms with Crippen LogP contribution in [-0.2, 0) is 10.9 Å². The molecule has 0 bridgehead atoms. The Bertz CT molecular complexity index is 831. The number of benzene rings is 1. The lowest BCUT2D eigenvalue weighted by Gasteiger charge is -2.04. The van der Waals surface area contributed by atoms with Gasteiger partial charge in [-0.1, -0.05) is 11.3 Å². The van der Waals surface area contributed by atoms with E-state index >= 15 is 0 Å². The quantitative estimate of drug-likeness (QED) is 0.402. The van der Waals surface area contributed by atoms with Crippen LogP contribution in [0.25, 0.3) is 0 Å². The summed E-state index contributed by atoms with van der Waals surface area (Å²) in [4.78, 5) is 18.2. The Hall–Kier alpha value is -2.62. The third kappa shape index (κ3) is 4.47. The topological polar surface area (TPSA) is 76.3 Å². The van der Waals surface area contributed by atoms with E-state index in [4.69, 9.17) is 0 Å². The van der Waals surface area contributed by atoms with Crippen LogP contribution in [-0.4, -0.2) is 24.3 Å². The number of thiazole rings is 1. The highest BCUT2D eigenvalue weighted by Crippen LogP contribution is 2.38. The summed E-state index contributed by atoms with van der Waals surface area (Å²) in [6, 6.07) is 4.95. The Morgan fingerprint density at radius 2 is 2.08 bits per heavy atom. The van der Waals surface area contributed by atoms with Crippen LogP contribution < -0.4 is 0 Å². The van der Waals surface area contributed by atoms with Crippen LogP contribution >= 0.6 is 11.3 Å². The molecule has 0 radical (unpaired) electrons. The Kier molecular flexibility index (Phi) is 5.62. The van der Waals surface area contributed by atoms with E-state index in [2.05, 4.69) is 31.7 Å². The van der Waals surface area contributed by atoms with E-state index in [9.17, 15) is 18.0 Å². The molecule has 2 rings (SSSR count). The standard InChI is InChI=1S/C15H13F3N4O2S/c1-4-24-13(23)11-12(15(16,17)18)20-14(25-11)22-21-10-6-5-9(19-3)7-8(10)2/h5-7H,3-4H2,1-2H3. The second-order valence-electron chi connectivity index (χ2n) is 4.72. The Morgan fingerprint density at radius 1 is 1.36 bits per heavy atom. The molecule has 1 aromatic carbocycles. The van der Waals surface area contributed by atoms with Crippen molar-refractivity contribution < 1.29 is 22.7 Å². The van der Waals surface area contributed by atoms with Gasteiger partial charge in [-0.25, -0.2) is 9.78 Å². The number of ether oxygens (including phenoxy) is 1. The average Bonchev–Trinajstić information content (AvgIpc) is 2.98. The van der Waals surface area contributed by atoms with Gasteiger partial charge in [-0.15, -0.1) is 10.2 Å². The van der Waals surface area contributed by atoms with Gasteiger partial charge >= 0.3 is 12.1 Å². The number of nitrogens with zero attached hydrogens (tertiary/aromatic N) is 4. The van der Waals surface area contributed by atoms with Crippen LogP contribution in [0.2, 0.25) is 0 Å². The van der Waals surface area contributed by atoms with Gasteiger partial charge in [0, 0.05) is 0 Å². The van der Waals surface area contributed by atoms with Crippen LogP contribution in [0, 0.1) is 6.92 Å². The molecule has 1 aromatic heterocycles. The van der Waals surface area contributed by atoms with Crippen molar-refractivity contribution in [1.82, 2.24) is 4.98 Å². The Balaban J connectivity index is 2.37. The molecule has 0 aliphatic heterocycles. The summed E-state index contributed by atoms with van der Waals surface area (Å²) in [6.45, 7) is 6.60. The lowest BCUT2D eigenvalue weighted by Crippen LogP contribution is -2.13. The number of aliphatic imine (C=N–C) groups is 1. The number of carbonyl (C=O) groups is 1. The number of alkyl halides is 3. The number of aryl methyl sites for hydroxylation is 1. The van der Waals surface area contributed by atoms with Gasteiger partial charge in [0.2, 0.25) is 5.13 Å². The van der Waals surface area contributed by atoms with E-state index in [-0.39, 0.29) is 11.7 Å². The fourth-order valence-electron chi connectivity index (χ4n) is 1.83. The fourth-order valence-corrected chi connectivity index (χ4v) is 2.63. The maximum absolute atomic E-state index is 13.0. The van der Waals surface area contributed by atoms with Gasteiger partial charge in [-0.2, -0.15) is 13.2 Å². The summed E-state index contributed by atoms with van der Waals surface area (Å²) in [5, 5.41) is 7.30. The molecule has 10 heteroatoms. The highest BCUT2D eigenvalue weighted by Gasteiger charge is 2.40. The lowest BCUT2D eigenvalue weighted by atomic mass is 10.2. The summed E-state index contributed by atoms with van der Waals surface area (Å²) in [5.41, 5.74) is 0.461. The zero-order valence-electron chi connectivity index (χ0n) is 13.3. The molecule has 25 heavy (non-hydrogen) atoms. The van der Waals surface area contributed by atoms with Crippen molar-refractivity contribution in [1.29, 1.82) is 0 Å². The number of carbonyl (C=O) groups excluding carboxylic acids is 1. The average molecular weight is 370 g/mol. The molecular weight excluding hydrogens is 357 g/mol. The Morgan fingerprint density at radius 3 is 2.64 bits per heavy atom. The predicted octanol–water partition coefficient (Wildman–Crippen LogP) is 5.39. The minimum atomic E-state index is -4.79. The van der Waals surface area contributed by atoms with Gasteiger partial charge in [0.15, 0.2) is 5.69 Å². The molecule has 0 aliphatic rings. The van der Waals surface area contributed by atoms with Crippen molar-refractivity contribution in [2.24, 2.45) is 15.2 Å². The molecule has 0 spiro atoms. The number of esters is 1. The SMILES string of the molecule is C=Nc1ccc(N=Nc2nc(C(F)(F)F)c(C(=O)OCC)s2)c(C)c1. The van der Waals surface area contributed by atoms with Crippen LogP contribution in [0.3, 0.4) is 0 Å². The van der Waals surface area contributed by atoms with Crippen LogP contribution in [0.15, 0.2) is 33.4 Å². The number of rotatable bonds is 5. The molecule has 0 fully saturated rings. The van der Waals surface area contributed by atoms with Gasteiger partial charge < -0.3 is 4.74 Å². The maximum Gasteiger partial charge on any atom is 0.435 e. The number of halogens is 3. The molecule has 0 atom stereocenters.